The second-order valence-corrected chi connectivity index (χ2v) is 9.09. The quantitative estimate of drug-likeness (QED) is 0.706. The van der Waals surface area contributed by atoms with E-state index in [4.69, 9.17) is 11.5 Å². The van der Waals surface area contributed by atoms with Crippen LogP contribution in [0.5, 0.6) is 0 Å². The zero-order chi connectivity index (χ0) is 19.9. The average molecular weight is 377 g/mol. The lowest BCUT2D eigenvalue weighted by Crippen LogP contribution is -2.47. The number of carbonyl (C=O) groups excluding carboxylic acids is 1. The van der Waals surface area contributed by atoms with Crippen molar-refractivity contribution >= 4 is 17.2 Å². The van der Waals surface area contributed by atoms with Gasteiger partial charge in [0.25, 0.3) is 0 Å². The highest BCUT2D eigenvalue weighted by Gasteiger charge is 2.54. The average Bonchev–Trinajstić information content (AvgIpc) is 3.32. The molecule has 0 amide bonds. The minimum Gasteiger partial charge on any atom is -0.398 e. The van der Waals surface area contributed by atoms with Gasteiger partial charge in [-0.25, -0.2) is 0 Å². The summed E-state index contributed by atoms with van der Waals surface area (Å²) in [5.74, 6) is 0.362. The van der Waals surface area contributed by atoms with Crippen LogP contribution in [0.4, 0.5) is 11.4 Å². The maximum absolute atomic E-state index is 14.5. The van der Waals surface area contributed by atoms with Crippen LogP contribution in [0.15, 0.2) is 36.4 Å². The van der Waals surface area contributed by atoms with Crippen molar-refractivity contribution < 1.29 is 4.79 Å². The van der Waals surface area contributed by atoms with Crippen molar-refractivity contribution in [1.82, 2.24) is 0 Å². The second-order valence-electron chi connectivity index (χ2n) is 9.09. The van der Waals surface area contributed by atoms with Crippen LogP contribution in [0.3, 0.4) is 0 Å². The number of ketones is 1. The number of benzene rings is 2. The Hall–Kier alpha value is -2.29. The van der Waals surface area contributed by atoms with Crippen molar-refractivity contribution in [2.45, 2.75) is 76.0 Å². The summed E-state index contributed by atoms with van der Waals surface area (Å²) in [6, 6.07) is 12.4. The van der Waals surface area contributed by atoms with Gasteiger partial charge in [-0.05, 0) is 73.9 Å². The van der Waals surface area contributed by atoms with E-state index >= 15 is 0 Å². The van der Waals surface area contributed by atoms with Crippen LogP contribution in [0.1, 0.15) is 73.6 Å². The van der Waals surface area contributed by atoms with Crippen LogP contribution in [0, 0.1) is 13.8 Å². The molecule has 2 saturated carbocycles. The van der Waals surface area contributed by atoms with Gasteiger partial charge in [-0.2, -0.15) is 0 Å². The Morgan fingerprint density at radius 2 is 1.07 bits per heavy atom. The van der Waals surface area contributed by atoms with Gasteiger partial charge in [-0.15, -0.1) is 0 Å². The van der Waals surface area contributed by atoms with E-state index in [9.17, 15) is 4.79 Å². The van der Waals surface area contributed by atoms with Gasteiger partial charge in [0, 0.05) is 11.4 Å². The summed E-state index contributed by atoms with van der Waals surface area (Å²) < 4.78 is 0. The molecule has 2 fully saturated rings. The predicted octanol–water partition coefficient (Wildman–Crippen LogP) is 5.36. The first kappa shape index (κ1) is 19.0. The van der Waals surface area contributed by atoms with E-state index in [-0.39, 0.29) is 0 Å². The van der Waals surface area contributed by atoms with Crippen molar-refractivity contribution in [3.63, 3.8) is 0 Å². The lowest BCUT2D eigenvalue weighted by Gasteiger charge is -2.40. The van der Waals surface area contributed by atoms with Crippen molar-refractivity contribution in [2.24, 2.45) is 0 Å². The third kappa shape index (κ3) is 2.83. The molecule has 0 atom stereocenters. The number of aryl methyl sites for hydroxylation is 2. The Bertz CT molecular complexity index is 829. The number of hydrogen-bond donors (Lipinski definition) is 2. The molecule has 4 N–H and O–H groups in total. The lowest BCUT2D eigenvalue weighted by molar-refractivity contribution is -0.130. The highest BCUT2D eigenvalue weighted by Crippen LogP contribution is 2.54. The standard InChI is InChI=1S/C25H32N2O/c1-17-7-9-19(21(26)15-17)24(11-3-4-12-24)23(28)25(13-5-6-14-25)20-10-8-18(2)16-22(20)27/h7-10,15-16H,3-6,11-14,26-27H2,1-2H3. The molecule has 2 aromatic rings. The molecule has 4 rings (SSSR count). The normalized spacial score (nSPS) is 20.4. The summed E-state index contributed by atoms with van der Waals surface area (Å²) in [6.45, 7) is 4.10. The van der Waals surface area contributed by atoms with Crippen LogP contribution in [-0.4, -0.2) is 5.78 Å². The summed E-state index contributed by atoms with van der Waals surface area (Å²) in [5.41, 5.74) is 17.9. The van der Waals surface area contributed by atoms with E-state index in [0.29, 0.717) is 5.78 Å². The maximum atomic E-state index is 14.5. The van der Waals surface area contributed by atoms with E-state index in [1.54, 1.807) is 0 Å². The van der Waals surface area contributed by atoms with E-state index < -0.39 is 10.8 Å². The van der Waals surface area contributed by atoms with E-state index in [0.717, 1.165) is 85.0 Å². The number of nitrogen functional groups attached to an aromatic ring is 2. The highest BCUT2D eigenvalue weighted by atomic mass is 16.1. The summed E-state index contributed by atoms with van der Waals surface area (Å²) in [7, 11) is 0. The van der Waals surface area contributed by atoms with Crippen molar-refractivity contribution in [3.05, 3.63) is 58.7 Å². The van der Waals surface area contributed by atoms with Gasteiger partial charge in [-0.1, -0.05) is 49.9 Å². The fourth-order valence-corrected chi connectivity index (χ4v) is 5.89. The van der Waals surface area contributed by atoms with E-state index in [1.807, 2.05) is 12.1 Å². The molecule has 3 nitrogen and oxygen atoms in total. The monoisotopic (exact) mass is 376 g/mol. The molecule has 0 aliphatic heterocycles. The SMILES string of the molecule is Cc1ccc(C2(C(=O)C3(c4ccc(C)cc4N)CCCC3)CCCC2)c(N)c1. The largest absolute Gasteiger partial charge is 0.398 e. The summed E-state index contributed by atoms with van der Waals surface area (Å²) >= 11 is 0. The smallest absolute Gasteiger partial charge is 0.154 e. The molecule has 0 saturated heterocycles. The molecule has 2 aliphatic rings. The summed E-state index contributed by atoms with van der Waals surface area (Å²) in [4.78, 5) is 14.5. The number of hydrogen-bond acceptors (Lipinski definition) is 3. The summed E-state index contributed by atoms with van der Waals surface area (Å²) in [5, 5.41) is 0. The molecule has 0 unspecified atom stereocenters. The molecule has 148 valence electrons. The topological polar surface area (TPSA) is 69.1 Å². The molecule has 0 radical (unpaired) electrons. The number of anilines is 2. The number of rotatable bonds is 4. The Kier molecular flexibility index (Phi) is 4.73. The fraction of sp³-hybridized carbons (Fsp3) is 0.480. The molecular formula is C25H32N2O. The molecule has 2 aromatic carbocycles. The van der Waals surface area contributed by atoms with Crippen LogP contribution in [-0.2, 0) is 15.6 Å². The highest BCUT2D eigenvalue weighted by molar-refractivity contribution is 6.01. The van der Waals surface area contributed by atoms with Gasteiger partial charge in [0.05, 0.1) is 10.8 Å². The maximum Gasteiger partial charge on any atom is 0.154 e. The van der Waals surface area contributed by atoms with Crippen molar-refractivity contribution in [3.8, 4) is 0 Å². The first-order valence-corrected chi connectivity index (χ1v) is 10.7. The van der Waals surface area contributed by atoms with Gasteiger partial charge < -0.3 is 11.5 Å². The van der Waals surface area contributed by atoms with Crippen LogP contribution >= 0.6 is 0 Å². The molecular weight excluding hydrogens is 344 g/mol. The Morgan fingerprint density at radius 3 is 1.39 bits per heavy atom. The van der Waals surface area contributed by atoms with Crippen molar-refractivity contribution in [1.29, 1.82) is 0 Å². The first-order chi connectivity index (χ1) is 13.4. The Morgan fingerprint density at radius 1 is 0.714 bits per heavy atom. The Balaban J connectivity index is 1.87. The minimum atomic E-state index is -0.473. The molecule has 0 bridgehead atoms. The van der Waals surface area contributed by atoms with E-state index in [1.165, 1.54) is 0 Å². The summed E-state index contributed by atoms with van der Waals surface area (Å²) in [6.07, 6.45) is 7.91. The molecule has 3 heteroatoms. The van der Waals surface area contributed by atoms with Crippen molar-refractivity contribution in [2.75, 3.05) is 11.5 Å². The molecule has 0 heterocycles. The third-order valence-corrected chi connectivity index (χ3v) is 7.23. The van der Waals surface area contributed by atoms with Crippen LogP contribution in [0.25, 0.3) is 0 Å². The molecule has 0 aromatic heterocycles. The van der Waals surface area contributed by atoms with Gasteiger partial charge in [0.15, 0.2) is 5.78 Å². The molecule has 2 aliphatic carbocycles. The second kappa shape index (κ2) is 6.95. The van der Waals surface area contributed by atoms with Gasteiger partial charge in [0.2, 0.25) is 0 Å². The van der Waals surface area contributed by atoms with E-state index in [2.05, 4.69) is 38.1 Å². The van der Waals surface area contributed by atoms with Crippen LogP contribution in [0.2, 0.25) is 0 Å². The van der Waals surface area contributed by atoms with Crippen LogP contribution < -0.4 is 11.5 Å². The Labute approximate surface area is 168 Å². The minimum absolute atomic E-state index is 0.362. The lowest BCUT2D eigenvalue weighted by atomic mass is 9.61. The zero-order valence-corrected chi connectivity index (χ0v) is 17.2. The fourth-order valence-electron chi connectivity index (χ4n) is 5.89. The number of carbonyl (C=O) groups is 1. The zero-order valence-electron chi connectivity index (χ0n) is 17.2. The number of Topliss-reactive ketones (excluding diaryl/α,β-unsaturated/α-hetero) is 1. The third-order valence-electron chi connectivity index (χ3n) is 7.23. The predicted molar refractivity (Wildman–Crippen MR) is 116 cm³/mol. The van der Waals surface area contributed by atoms with Gasteiger partial charge in [-0.3, -0.25) is 4.79 Å². The molecule has 0 spiro atoms. The molecule has 28 heavy (non-hydrogen) atoms. The first-order valence-electron chi connectivity index (χ1n) is 10.7. The number of nitrogens with two attached hydrogens (primary N) is 2. The van der Waals surface area contributed by atoms with Gasteiger partial charge in [0.1, 0.15) is 0 Å². The van der Waals surface area contributed by atoms with Gasteiger partial charge >= 0.3 is 0 Å².